The van der Waals surface area contributed by atoms with Gasteiger partial charge in [0.25, 0.3) is 5.91 Å². The zero-order valence-electron chi connectivity index (χ0n) is 17.1. The molecular formula is C23H30Cl2N2O2. The molecule has 3 rings (SSSR count). The number of likely N-dealkylation sites (tertiary alicyclic amines) is 1. The monoisotopic (exact) mass is 436 g/mol. The van der Waals surface area contributed by atoms with E-state index in [9.17, 15) is 4.79 Å². The van der Waals surface area contributed by atoms with Gasteiger partial charge < -0.3 is 10.1 Å². The van der Waals surface area contributed by atoms with Crippen molar-refractivity contribution in [2.45, 2.75) is 39.2 Å². The van der Waals surface area contributed by atoms with Gasteiger partial charge in [-0.1, -0.05) is 42.3 Å². The fourth-order valence-electron chi connectivity index (χ4n) is 3.63. The maximum atomic E-state index is 12.4. The van der Waals surface area contributed by atoms with Gasteiger partial charge in [-0.15, -0.1) is 12.4 Å². The lowest BCUT2D eigenvalue weighted by Crippen LogP contribution is -2.41. The average Bonchev–Trinajstić information content (AvgIpc) is 2.71. The van der Waals surface area contributed by atoms with Gasteiger partial charge in [-0.25, -0.2) is 0 Å². The summed E-state index contributed by atoms with van der Waals surface area (Å²) in [5, 5.41) is 3.79. The number of nitrogens with one attached hydrogen (secondary N) is 1. The van der Waals surface area contributed by atoms with Crippen molar-refractivity contribution in [1.29, 1.82) is 0 Å². The number of benzene rings is 2. The second-order valence-electron chi connectivity index (χ2n) is 7.47. The molecule has 2 aromatic carbocycles. The van der Waals surface area contributed by atoms with E-state index in [4.69, 9.17) is 16.3 Å². The Labute approximate surface area is 185 Å². The van der Waals surface area contributed by atoms with E-state index in [1.807, 2.05) is 43.3 Å². The number of rotatable bonds is 7. The smallest absolute Gasteiger partial charge is 0.258 e. The molecule has 0 aromatic heterocycles. The van der Waals surface area contributed by atoms with Crippen molar-refractivity contribution in [1.82, 2.24) is 10.2 Å². The number of piperidine rings is 1. The highest BCUT2D eigenvalue weighted by atomic mass is 35.5. The molecule has 29 heavy (non-hydrogen) atoms. The van der Waals surface area contributed by atoms with Crippen LogP contribution >= 0.6 is 24.0 Å². The van der Waals surface area contributed by atoms with Crippen molar-refractivity contribution in [3.8, 4) is 5.75 Å². The van der Waals surface area contributed by atoms with Crippen LogP contribution in [0.5, 0.6) is 5.75 Å². The van der Waals surface area contributed by atoms with Gasteiger partial charge in [0.05, 0.1) is 6.04 Å². The predicted octanol–water partition coefficient (Wildman–Crippen LogP) is 5.10. The SMILES string of the molecule is Cc1ccc(OCC(=O)NCC(c2ccccc2Cl)N2CCCCC2)cc1C.Cl. The van der Waals surface area contributed by atoms with Crippen molar-refractivity contribution in [2.24, 2.45) is 0 Å². The van der Waals surface area contributed by atoms with Gasteiger partial charge in [-0.3, -0.25) is 9.69 Å². The summed E-state index contributed by atoms with van der Waals surface area (Å²) < 4.78 is 5.66. The maximum absolute atomic E-state index is 12.4. The zero-order valence-corrected chi connectivity index (χ0v) is 18.7. The van der Waals surface area contributed by atoms with Gasteiger partial charge in [0.2, 0.25) is 0 Å². The molecule has 0 spiro atoms. The summed E-state index contributed by atoms with van der Waals surface area (Å²) >= 11 is 6.46. The van der Waals surface area contributed by atoms with Gasteiger partial charge in [-0.2, -0.15) is 0 Å². The van der Waals surface area contributed by atoms with Crippen LogP contribution in [0.3, 0.4) is 0 Å². The van der Waals surface area contributed by atoms with Crippen LogP contribution in [0.15, 0.2) is 42.5 Å². The van der Waals surface area contributed by atoms with Crippen LogP contribution < -0.4 is 10.1 Å². The molecule has 0 saturated carbocycles. The highest BCUT2D eigenvalue weighted by molar-refractivity contribution is 6.31. The van der Waals surface area contributed by atoms with Crippen molar-refractivity contribution < 1.29 is 9.53 Å². The average molecular weight is 437 g/mol. The normalized spacial score (nSPS) is 15.3. The largest absolute Gasteiger partial charge is 0.484 e. The van der Waals surface area contributed by atoms with E-state index in [2.05, 4.69) is 23.2 Å². The Balaban J connectivity index is 0.00000300. The molecule has 1 amide bonds. The first-order valence-corrected chi connectivity index (χ1v) is 10.4. The molecule has 0 bridgehead atoms. The Bertz CT molecular complexity index is 807. The lowest BCUT2D eigenvalue weighted by atomic mass is 10.0. The highest BCUT2D eigenvalue weighted by Crippen LogP contribution is 2.29. The van der Waals surface area contributed by atoms with Crippen molar-refractivity contribution in [3.05, 3.63) is 64.2 Å². The first-order valence-electron chi connectivity index (χ1n) is 10.00. The number of carbonyl (C=O) groups is 1. The minimum Gasteiger partial charge on any atom is -0.484 e. The quantitative estimate of drug-likeness (QED) is 0.655. The minimum absolute atomic E-state index is 0. The summed E-state index contributed by atoms with van der Waals surface area (Å²) in [7, 11) is 0. The summed E-state index contributed by atoms with van der Waals surface area (Å²) in [5.41, 5.74) is 3.43. The van der Waals surface area contributed by atoms with Crippen LogP contribution in [0.4, 0.5) is 0 Å². The molecule has 4 nitrogen and oxygen atoms in total. The van der Waals surface area contributed by atoms with E-state index >= 15 is 0 Å². The minimum atomic E-state index is -0.118. The molecule has 1 N–H and O–H groups in total. The number of hydrogen-bond acceptors (Lipinski definition) is 3. The lowest BCUT2D eigenvalue weighted by molar-refractivity contribution is -0.123. The fraction of sp³-hybridized carbons (Fsp3) is 0.435. The van der Waals surface area contributed by atoms with Gasteiger partial charge in [-0.05, 0) is 74.7 Å². The Morgan fingerprint density at radius 1 is 1.10 bits per heavy atom. The molecule has 1 aliphatic heterocycles. The molecular weight excluding hydrogens is 407 g/mol. The molecule has 6 heteroatoms. The third-order valence-electron chi connectivity index (χ3n) is 5.44. The van der Waals surface area contributed by atoms with E-state index in [0.29, 0.717) is 6.54 Å². The van der Waals surface area contributed by atoms with E-state index in [1.165, 1.54) is 24.8 Å². The van der Waals surface area contributed by atoms with Crippen LogP contribution in [-0.2, 0) is 4.79 Å². The summed E-state index contributed by atoms with van der Waals surface area (Å²) in [6.07, 6.45) is 3.64. The van der Waals surface area contributed by atoms with Crippen LogP contribution in [0.2, 0.25) is 5.02 Å². The van der Waals surface area contributed by atoms with E-state index in [-0.39, 0.29) is 31.0 Å². The van der Waals surface area contributed by atoms with Crippen molar-refractivity contribution in [3.63, 3.8) is 0 Å². The van der Waals surface area contributed by atoms with Gasteiger partial charge in [0.15, 0.2) is 6.61 Å². The van der Waals surface area contributed by atoms with E-state index < -0.39 is 0 Å². The van der Waals surface area contributed by atoms with Crippen LogP contribution in [-0.4, -0.2) is 37.0 Å². The first kappa shape index (κ1) is 23.5. The second kappa shape index (κ2) is 11.4. The molecule has 1 saturated heterocycles. The maximum Gasteiger partial charge on any atom is 0.258 e. The number of ether oxygens (including phenoxy) is 1. The Morgan fingerprint density at radius 2 is 1.83 bits per heavy atom. The summed E-state index contributed by atoms with van der Waals surface area (Å²) in [6, 6.07) is 13.9. The summed E-state index contributed by atoms with van der Waals surface area (Å²) in [4.78, 5) is 14.8. The van der Waals surface area contributed by atoms with Crippen molar-refractivity contribution in [2.75, 3.05) is 26.2 Å². The highest BCUT2D eigenvalue weighted by Gasteiger charge is 2.24. The Kier molecular flexibility index (Phi) is 9.28. The zero-order chi connectivity index (χ0) is 19.9. The molecule has 1 aliphatic rings. The molecule has 1 unspecified atom stereocenters. The molecule has 0 radical (unpaired) electrons. The van der Waals surface area contributed by atoms with Gasteiger partial charge in [0.1, 0.15) is 5.75 Å². The van der Waals surface area contributed by atoms with Crippen molar-refractivity contribution >= 4 is 29.9 Å². The molecule has 1 fully saturated rings. The fourth-order valence-corrected chi connectivity index (χ4v) is 3.89. The Hall–Kier alpha value is -1.75. The summed E-state index contributed by atoms with van der Waals surface area (Å²) in [6.45, 7) is 6.70. The molecule has 1 heterocycles. The van der Waals surface area contributed by atoms with Crippen LogP contribution in [0.25, 0.3) is 0 Å². The topological polar surface area (TPSA) is 41.6 Å². The van der Waals surface area contributed by atoms with Gasteiger partial charge >= 0.3 is 0 Å². The molecule has 158 valence electrons. The molecule has 2 aromatic rings. The number of nitrogens with zero attached hydrogens (tertiary/aromatic N) is 1. The number of halogens is 2. The van der Waals surface area contributed by atoms with Crippen LogP contribution in [0, 0.1) is 13.8 Å². The third-order valence-corrected chi connectivity index (χ3v) is 5.78. The number of carbonyl (C=O) groups excluding carboxylic acids is 1. The summed E-state index contributed by atoms with van der Waals surface area (Å²) in [5.74, 6) is 0.601. The van der Waals surface area contributed by atoms with Crippen LogP contribution in [0.1, 0.15) is 42.0 Å². The van der Waals surface area contributed by atoms with E-state index in [0.717, 1.165) is 35.0 Å². The van der Waals surface area contributed by atoms with Gasteiger partial charge in [0, 0.05) is 11.6 Å². The molecule has 1 atom stereocenters. The number of aryl methyl sites for hydroxylation is 2. The Morgan fingerprint density at radius 3 is 2.52 bits per heavy atom. The standard InChI is InChI=1S/C23H29ClN2O2.ClH/c1-17-10-11-19(14-18(17)2)28-16-23(27)25-15-22(26-12-6-3-7-13-26)20-8-4-5-9-21(20)24;/h4-5,8-11,14,22H,3,6-7,12-13,15-16H2,1-2H3,(H,25,27);1H. The predicted molar refractivity (Wildman–Crippen MR) is 121 cm³/mol. The van der Waals surface area contributed by atoms with E-state index in [1.54, 1.807) is 0 Å². The molecule has 0 aliphatic carbocycles. The lowest BCUT2D eigenvalue weighted by Gasteiger charge is -2.35. The second-order valence-corrected chi connectivity index (χ2v) is 7.88. The number of hydrogen-bond donors (Lipinski definition) is 1. The number of amides is 1. The third kappa shape index (κ3) is 6.63. The first-order chi connectivity index (χ1) is 13.5.